The fraction of sp³-hybridized carbons (Fsp3) is 0.522. The van der Waals surface area contributed by atoms with Gasteiger partial charge >= 0.3 is 6.09 Å². The monoisotopic (exact) mass is 473 g/mol. The highest BCUT2D eigenvalue weighted by molar-refractivity contribution is 7.89. The van der Waals surface area contributed by atoms with E-state index in [2.05, 4.69) is 25.3 Å². The number of anilines is 2. The molecule has 2 saturated carbocycles. The van der Waals surface area contributed by atoms with Gasteiger partial charge in [0, 0.05) is 29.7 Å². The van der Waals surface area contributed by atoms with Crippen molar-refractivity contribution in [1.29, 1.82) is 0 Å². The van der Waals surface area contributed by atoms with E-state index in [1.165, 1.54) is 0 Å². The smallest absolute Gasteiger partial charge is 0.407 e. The van der Waals surface area contributed by atoms with E-state index in [1.54, 1.807) is 50.5 Å². The standard InChI is InChI=1S/C23H31N5O4S/c1-15(2)28-33(30,31)20-8-5-18(6-9-20)26-21-24-13-17(14-25-21)16-4-7-19(12-16)32-22(29)27-23(3)10-11-23/h5-6,8-9,13-16,19,28H,4,7,10-12H2,1-3H3,(H,27,29)(H,24,25,26)/t16-,19+/m0/s1. The maximum atomic E-state index is 12.2. The maximum absolute atomic E-state index is 12.2. The van der Waals surface area contributed by atoms with Crippen LogP contribution in [0.4, 0.5) is 16.4 Å². The minimum atomic E-state index is -3.53. The number of ether oxygens (including phenoxy) is 1. The molecule has 1 aromatic carbocycles. The third kappa shape index (κ3) is 6.20. The van der Waals surface area contributed by atoms with Crippen molar-refractivity contribution in [2.75, 3.05) is 5.32 Å². The van der Waals surface area contributed by atoms with Crippen molar-refractivity contribution < 1.29 is 17.9 Å². The summed E-state index contributed by atoms with van der Waals surface area (Å²) in [5.74, 6) is 0.684. The Morgan fingerprint density at radius 1 is 1.12 bits per heavy atom. The van der Waals surface area contributed by atoms with E-state index in [9.17, 15) is 13.2 Å². The first kappa shape index (κ1) is 23.4. The number of alkyl carbamates (subject to hydrolysis) is 1. The molecule has 0 bridgehead atoms. The molecule has 33 heavy (non-hydrogen) atoms. The van der Waals surface area contributed by atoms with E-state index < -0.39 is 10.0 Å². The van der Waals surface area contributed by atoms with Crippen LogP contribution in [0.25, 0.3) is 0 Å². The molecule has 1 heterocycles. The van der Waals surface area contributed by atoms with Crippen molar-refractivity contribution in [3.05, 3.63) is 42.2 Å². The number of rotatable bonds is 8. The Labute approximate surface area is 194 Å². The number of hydrogen-bond acceptors (Lipinski definition) is 7. The van der Waals surface area contributed by atoms with Crippen molar-refractivity contribution in [2.24, 2.45) is 0 Å². The summed E-state index contributed by atoms with van der Waals surface area (Å²) in [6.45, 7) is 5.58. The first-order valence-corrected chi connectivity index (χ1v) is 12.8. The van der Waals surface area contributed by atoms with E-state index in [4.69, 9.17) is 4.74 Å². The molecule has 0 saturated heterocycles. The summed E-state index contributed by atoms with van der Waals surface area (Å²) >= 11 is 0. The molecular formula is C23H31N5O4S. The van der Waals surface area contributed by atoms with E-state index in [0.717, 1.165) is 37.7 Å². The number of nitrogens with zero attached hydrogens (tertiary/aromatic N) is 2. The van der Waals surface area contributed by atoms with Gasteiger partial charge in [-0.3, -0.25) is 0 Å². The number of benzene rings is 1. The lowest BCUT2D eigenvalue weighted by Crippen LogP contribution is -2.36. The summed E-state index contributed by atoms with van der Waals surface area (Å²) in [5, 5.41) is 6.02. The predicted molar refractivity (Wildman–Crippen MR) is 125 cm³/mol. The Kier molecular flexibility index (Phi) is 6.58. The molecule has 0 unspecified atom stereocenters. The minimum absolute atomic E-state index is 0.0781. The van der Waals surface area contributed by atoms with E-state index in [-0.39, 0.29) is 34.6 Å². The van der Waals surface area contributed by atoms with Gasteiger partial charge in [-0.25, -0.2) is 27.9 Å². The lowest BCUT2D eigenvalue weighted by molar-refractivity contribution is 0.0967. The second-order valence-corrected chi connectivity index (χ2v) is 11.2. The summed E-state index contributed by atoms with van der Waals surface area (Å²) in [5.41, 5.74) is 1.63. The molecule has 2 atom stereocenters. The van der Waals surface area contributed by atoms with Crippen LogP contribution in [0.3, 0.4) is 0 Å². The highest BCUT2D eigenvalue weighted by Crippen LogP contribution is 2.37. The number of nitrogens with one attached hydrogen (secondary N) is 3. The first-order valence-electron chi connectivity index (χ1n) is 11.3. The predicted octanol–water partition coefficient (Wildman–Crippen LogP) is 3.82. The Morgan fingerprint density at radius 3 is 2.39 bits per heavy atom. The molecule has 2 aromatic rings. The van der Waals surface area contributed by atoms with Crippen molar-refractivity contribution in [1.82, 2.24) is 20.0 Å². The number of hydrogen-bond donors (Lipinski definition) is 3. The van der Waals surface area contributed by atoms with Gasteiger partial charge in [0.1, 0.15) is 6.10 Å². The van der Waals surface area contributed by atoms with Crippen molar-refractivity contribution in [2.45, 2.75) is 81.4 Å². The molecule has 3 N–H and O–H groups in total. The molecule has 178 valence electrons. The molecule has 9 nitrogen and oxygen atoms in total. The molecule has 2 aliphatic carbocycles. The molecule has 1 aromatic heterocycles. The Morgan fingerprint density at radius 2 is 1.79 bits per heavy atom. The van der Waals surface area contributed by atoms with E-state index in [1.807, 2.05) is 6.92 Å². The molecule has 0 radical (unpaired) electrons. The average Bonchev–Trinajstić information content (AvgIpc) is 3.28. The second kappa shape index (κ2) is 9.26. The van der Waals surface area contributed by atoms with E-state index >= 15 is 0 Å². The number of carbonyl (C=O) groups is 1. The van der Waals surface area contributed by atoms with Gasteiger partial charge in [-0.05, 0) is 88.6 Å². The van der Waals surface area contributed by atoms with Crippen LogP contribution in [0.5, 0.6) is 0 Å². The van der Waals surface area contributed by atoms with Gasteiger partial charge in [0.05, 0.1) is 4.90 Å². The van der Waals surface area contributed by atoms with E-state index in [0.29, 0.717) is 11.6 Å². The van der Waals surface area contributed by atoms with Crippen LogP contribution in [-0.4, -0.2) is 42.2 Å². The van der Waals surface area contributed by atoms with Gasteiger partial charge < -0.3 is 15.4 Å². The third-order valence-corrected chi connectivity index (χ3v) is 7.69. The minimum Gasteiger partial charge on any atom is -0.446 e. The topological polar surface area (TPSA) is 122 Å². The molecule has 10 heteroatoms. The first-order chi connectivity index (χ1) is 15.6. The highest BCUT2D eigenvalue weighted by atomic mass is 32.2. The number of carbonyl (C=O) groups excluding carboxylic acids is 1. The van der Waals surface area contributed by atoms with Gasteiger partial charge in [0.15, 0.2) is 0 Å². The highest BCUT2D eigenvalue weighted by Gasteiger charge is 2.40. The van der Waals surface area contributed by atoms with Gasteiger partial charge in [-0.2, -0.15) is 0 Å². The molecule has 0 aliphatic heterocycles. The van der Waals surface area contributed by atoms with Crippen molar-refractivity contribution >= 4 is 27.8 Å². The third-order valence-electron chi connectivity index (χ3n) is 6.02. The fourth-order valence-electron chi connectivity index (χ4n) is 3.93. The molecular weight excluding hydrogens is 442 g/mol. The molecule has 2 fully saturated rings. The van der Waals surface area contributed by atoms with Crippen LogP contribution in [0.15, 0.2) is 41.6 Å². The van der Waals surface area contributed by atoms with Crippen LogP contribution in [-0.2, 0) is 14.8 Å². The summed E-state index contributed by atoms with van der Waals surface area (Å²) in [4.78, 5) is 21.0. The molecule has 1 amide bonds. The van der Waals surface area contributed by atoms with Crippen molar-refractivity contribution in [3.63, 3.8) is 0 Å². The Hall–Kier alpha value is -2.72. The van der Waals surface area contributed by atoms with Crippen LogP contribution in [0.1, 0.15) is 64.4 Å². The van der Waals surface area contributed by atoms with Crippen LogP contribution < -0.4 is 15.4 Å². The van der Waals surface area contributed by atoms with Gasteiger partial charge in [0.2, 0.25) is 16.0 Å². The number of amides is 1. The summed E-state index contributed by atoms with van der Waals surface area (Å²) < 4.78 is 32.6. The molecule has 4 rings (SSSR count). The number of aromatic nitrogens is 2. The van der Waals surface area contributed by atoms with Gasteiger partial charge in [0.25, 0.3) is 0 Å². The second-order valence-electron chi connectivity index (χ2n) is 9.49. The summed E-state index contributed by atoms with van der Waals surface area (Å²) in [7, 11) is -3.53. The van der Waals surface area contributed by atoms with Gasteiger partial charge in [-0.1, -0.05) is 0 Å². The van der Waals surface area contributed by atoms with Crippen LogP contribution in [0, 0.1) is 0 Å². The zero-order valence-corrected chi connectivity index (χ0v) is 20.0. The van der Waals surface area contributed by atoms with Crippen LogP contribution in [0.2, 0.25) is 0 Å². The summed E-state index contributed by atoms with van der Waals surface area (Å²) in [6, 6.07) is 6.26. The van der Waals surface area contributed by atoms with Crippen LogP contribution >= 0.6 is 0 Å². The zero-order chi connectivity index (χ0) is 23.6. The van der Waals surface area contributed by atoms with Gasteiger partial charge in [-0.15, -0.1) is 0 Å². The Balaban J connectivity index is 1.30. The Bertz CT molecular complexity index is 1080. The molecule has 2 aliphatic rings. The lowest BCUT2D eigenvalue weighted by Gasteiger charge is -2.16. The SMILES string of the molecule is CC(C)NS(=O)(=O)c1ccc(Nc2ncc([C@H]3CC[C@@H](OC(=O)NC4(C)CC4)C3)cn2)cc1. The zero-order valence-electron chi connectivity index (χ0n) is 19.2. The average molecular weight is 474 g/mol. The number of sulfonamides is 1. The lowest BCUT2D eigenvalue weighted by atomic mass is 10.0. The quantitative estimate of drug-likeness (QED) is 0.533. The normalized spacial score (nSPS) is 21.6. The fourth-order valence-corrected chi connectivity index (χ4v) is 5.18. The molecule has 0 spiro atoms. The largest absolute Gasteiger partial charge is 0.446 e. The van der Waals surface area contributed by atoms with Crippen molar-refractivity contribution in [3.8, 4) is 0 Å². The maximum Gasteiger partial charge on any atom is 0.407 e. The summed E-state index contributed by atoms with van der Waals surface area (Å²) in [6.07, 6.45) is 7.70.